The van der Waals surface area contributed by atoms with Crippen molar-refractivity contribution in [3.63, 3.8) is 0 Å². The van der Waals surface area contributed by atoms with E-state index in [9.17, 15) is 0 Å². The molecule has 26 heavy (non-hydrogen) atoms. The van der Waals surface area contributed by atoms with Crippen LogP contribution in [0.4, 0.5) is 0 Å². The third-order valence-corrected chi connectivity index (χ3v) is 6.49. The van der Waals surface area contributed by atoms with Crippen molar-refractivity contribution in [2.75, 3.05) is 32.5 Å². The molecule has 1 aromatic carbocycles. The number of methoxy groups -OCH3 is 1. The fourth-order valence-electron chi connectivity index (χ4n) is 3.25. The van der Waals surface area contributed by atoms with E-state index >= 15 is 0 Å². The Morgan fingerprint density at radius 3 is 2.88 bits per heavy atom. The highest BCUT2D eigenvalue weighted by atomic mass is 32.2. The van der Waals surface area contributed by atoms with Crippen LogP contribution in [-0.4, -0.2) is 52.6 Å². The topological polar surface area (TPSA) is 51.1 Å². The molecule has 1 saturated heterocycles. The number of hydrogen-bond donors (Lipinski definition) is 0. The maximum atomic E-state index is 5.35. The molecule has 5 nitrogen and oxygen atoms in total. The maximum Gasteiger partial charge on any atom is 0.146 e. The van der Waals surface area contributed by atoms with Gasteiger partial charge >= 0.3 is 0 Å². The van der Waals surface area contributed by atoms with Gasteiger partial charge in [-0.2, -0.15) is 0 Å². The highest BCUT2D eigenvalue weighted by Crippen LogP contribution is 2.36. The summed E-state index contributed by atoms with van der Waals surface area (Å²) < 4.78 is 6.46. The summed E-state index contributed by atoms with van der Waals surface area (Å²) >= 11 is 3.45. The van der Waals surface area contributed by atoms with Gasteiger partial charge in [0.15, 0.2) is 0 Å². The summed E-state index contributed by atoms with van der Waals surface area (Å²) in [6.07, 6.45) is 2.66. The van der Waals surface area contributed by atoms with Crippen LogP contribution in [0.15, 0.2) is 29.3 Å². The fourth-order valence-corrected chi connectivity index (χ4v) is 5.17. The van der Waals surface area contributed by atoms with Gasteiger partial charge in [0.25, 0.3) is 0 Å². The molecule has 0 N–H and O–H groups in total. The van der Waals surface area contributed by atoms with E-state index in [0.29, 0.717) is 0 Å². The predicted molar refractivity (Wildman–Crippen MR) is 108 cm³/mol. The minimum Gasteiger partial charge on any atom is -0.497 e. The highest BCUT2D eigenvalue weighted by molar-refractivity contribution is 7.99. The fraction of sp³-hybridized carbons (Fsp3) is 0.421. The molecule has 136 valence electrons. The lowest BCUT2D eigenvalue weighted by atomic mass is 10.1. The van der Waals surface area contributed by atoms with Gasteiger partial charge in [0.1, 0.15) is 22.0 Å². The number of nitrogens with zero attached hydrogens (tertiary/aromatic N) is 4. The van der Waals surface area contributed by atoms with Crippen LogP contribution in [0.2, 0.25) is 0 Å². The SMILES string of the molecule is COc1cccc(-c2nnc(SCCN3CCCC3)c3nc(C)sc23)c1. The van der Waals surface area contributed by atoms with E-state index in [0.717, 1.165) is 49.6 Å². The van der Waals surface area contributed by atoms with Gasteiger partial charge in [-0.05, 0) is 45.0 Å². The van der Waals surface area contributed by atoms with Crippen molar-refractivity contribution in [3.05, 3.63) is 29.3 Å². The van der Waals surface area contributed by atoms with Crippen molar-refractivity contribution in [3.8, 4) is 17.0 Å². The molecular formula is C19H22N4OS2. The number of rotatable bonds is 6. The number of likely N-dealkylation sites (tertiary alicyclic amines) is 1. The van der Waals surface area contributed by atoms with E-state index in [-0.39, 0.29) is 0 Å². The molecule has 0 bridgehead atoms. The monoisotopic (exact) mass is 386 g/mol. The Morgan fingerprint density at radius 1 is 1.23 bits per heavy atom. The number of thiazole rings is 1. The van der Waals surface area contributed by atoms with Gasteiger partial charge in [0, 0.05) is 17.9 Å². The molecule has 0 saturated carbocycles. The molecule has 3 heterocycles. The number of ether oxygens (including phenoxy) is 1. The second-order valence-electron chi connectivity index (χ2n) is 6.39. The molecule has 7 heteroatoms. The zero-order valence-electron chi connectivity index (χ0n) is 15.1. The van der Waals surface area contributed by atoms with Crippen LogP contribution in [0.1, 0.15) is 17.8 Å². The summed E-state index contributed by atoms with van der Waals surface area (Å²) in [5.74, 6) is 1.85. The first-order chi connectivity index (χ1) is 12.7. The lowest BCUT2D eigenvalue weighted by Crippen LogP contribution is -2.21. The highest BCUT2D eigenvalue weighted by Gasteiger charge is 2.17. The molecule has 1 fully saturated rings. The first-order valence-corrected chi connectivity index (χ1v) is 10.7. The van der Waals surface area contributed by atoms with Crippen LogP contribution in [-0.2, 0) is 0 Å². The van der Waals surface area contributed by atoms with Crippen molar-refractivity contribution in [2.45, 2.75) is 24.8 Å². The number of thioether (sulfide) groups is 1. The number of benzene rings is 1. The molecule has 1 aliphatic heterocycles. The van der Waals surface area contributed by atoms with Gasteiger partial charge < -0.3 is 9.64 Å². The number of aromatic nitrogens is 3. The van der Waals surface area contributed by atoms with E-state index in [1.807, 2.05) is 31.2 Å². The average Bonchev–Trinajstić information content (AvgIpc) is 3.31. The van der Waals surface area contributed by atoms with Gasteiger partial charge in [-0.25, -0.2) is 4.98 Å². The van der Waals surface area contributed by atoms with Crippen LogP contribution in [0, 0.1) is 6.92 Å². The average molecular weight is 387 g/mol. The molecule has 2 aromatic heterocycles. The third-order valence-electron chi connectivity index (χ3n) is 4.58. The third kappa shape index (κ3) is 3.70. The minimum atomic E-state index is 0.822. The van der Waals surface area contributed by atoms with Crippen molar-refractivity contribution >= 4 is 33.3 Å². The van der Waals surface area contributed by atoms with Crippen LogP contribution in [0.3, 0.4) is 0 Å². The molecule has 0 unspecified atom stereocenters. The lowest BCUT2D eigenvalue weighted by molar-refractivity contribution is 0.362. The van der Waals surface area contributed by atoms with E-state index in [1.165, 1.54) is 25.9 Å². The van der Waals surface area contributed by atoms with E-state index in [4.69, 9.17) is 9.72 Å². The molecule has 0 radical (unpaired) electrons. The molecule has 0 amide bonds. The second-order valence-corrected chi connectivity index (χ2v) is 8.68. The first-order valence-electron chi connectivity index (χ1n) is 8.88. The van der Waals surface area contributed by atoms with Crippen molar-refractivity contribution < 1.29 is 4.74 Å². The zero-order chi connectivity index (χ0) is 17.9. The van der Waals surface area contributed by atoms with Gasteiger partial charge in [0.05, 0.1) is 16.8 Å². The van der Waals surface area contributed by atoms with Crippen molar-refractivity contribution in [2.24, 2.45) is 0 Å². The Hall–Kier alpha value is -1.70. The predicted octanol–water partition coefficient (Wildman–Crippen LogP) is 4.26. The van der Waals surface area contributed by atoms with Crippen molar-refractivity contribution in [1.82, 2.24) is 20.1 Å². The van der Waals surface area contributed by atoms with Crippen LogP contribution in [0.5, 0.6) is 5.75 Å². The summed E-state index contributed by atoms with van der Waals surface area (Å²) in [4.78, 5) is 7.26. The van der Waals surface area contributed by atoms with Gasteiger partial charge in [0.2, 0.25) is 0 Å². The maximum absolute atomic E-state index is 5.35. The lowest BCUT2D eigenvalue weighted by Gasteiger charge is -2.13. The van der Waals surface area contributed by atoms with E-state index in [2.05, 4.69) is 15.1 Å². The first kappa shape index (κ1) is 17.7. The molecular weight excluding hydrogens is 364 g/mol. The second kappa shape index (κ2) is 7.90. The molecule has 1 aliphatic rings. The quantitative estimate of drug-likeness (QED) is 0.590. The summed E-state index contributed by atoms with van der Waals surface area (Å²) in [7, 11) is 1.68. The normalized spacial score (nSPS) is 15.0. The summed E-state index contributed by atoms with van der Waals surface area (Å²) in [5, 5.41) is 11.0. The standard InChI is InChI=1S/C19H22N4OS2/c1-13-20-17-18(26-13)16(14-6-5-7-15(12-14)24-2)21-22-19(17)25-11-10-23-8-3-4-9-23/h5-7,12H,3-4,8-11H2,1-2H3. The molecule has 0 spiro atoms. The summed E-state index contributed by atoms with van der Waals surface area (Å²) in [5.41, 5.74) is 2.87. The molecule has 4 rings (SSSR count). The summed E-state index contributed by atoms with van der Waals surface area (Å²) in [6, 6.07) is 7.96. The van der Waals surface area contributed by atoms with Crippen LogP contribution >= 0.6 is 23.1 Å². The molecule has 0 aliphatic carbocycles. The Labute approximate surface area is 161 Å². The number of aryl methyl sites for hydroxylation is 1. The van der Waals surface area contributed by atoms with Gasteiger partial charge in [-0.1, -0.05) is 12.1 Å². The Bertz CT molecular complexity index is 906. The Balaban J connectivity index is 1.62. The zero-order valence-corrected chi connectivity index (χ0v) is 16.7. The van der Waals surface area contributed by atoms with E-state index < -0.39 is 0 Å². The van der Waals surface area contributed by atoms with Crippen LogP contribution < -0.4 is 4.74 Å². The number of fused-ring (bicyclic) bond motifs is 1. The Morgan fingerprint density at radius 2 is 2.08 bits per heavy atom. The smallest absolute Gasteiger partial charge is 0.146 e. The Kier molecular flexibility index (Phi) is 5.38. The molecule has 0 atom stereocenters. The summed E-state index contributed by atoms with van der Waals surface area (Å²) in [6.45, 7) is 5.60. The van der Waals surface area contributed by atoms with Crippen LogP contribution in [0.25, 0.3) is 21.5 Å². The van der Waals surface area contributed by atoms with Gasteiger partial charge in [-0.15, -0.1) is 33.3 Å². The number of hydrogen-bond acceptors (Lipinski definition) is 7. The van der Waals surface area contributed by atoms with Gasteiger partial charge in [-0.3, -0.25) is 0 Å². The molecule has 3 aromatic rings. The van der Waals surface area contributed by atoms with Crippen molar-refractivity contribution in [1.29, 1.82) is 0 Å². The largest absolute Gasteiger partial charge is 0.497 e. The minimum absolute atomic E-state index is 0.822. The van der Waals surface area contributed by atoms with E-state index in [1.54, 1.807) is 30.2 Å².